The summed E-state index contributed by atoms with van der Waals surface area (Å²) in [4.78, 5) is 36.4. The first kappa shape index (κ1) is 21.2. The van der Waals surface area contributed by atoms with Crippen molar-refractivity contribution in [3.63, 3.8) is 0 Å². The van der Waals surface area contributed by atoms with Gasteiger partial charge < -0.3 is 15.4 Å². The highest BCUT2D eigenvalue weighted by Crippen LogP contribution is 2.17. The molecule has 0 atom stereocenters. The Kier molecular flexibility index (Phi) is 8.21. The van der Waals surface area contributed by atoms with Gasteiger partial charge in [-0.2, -0.15) is 0 Å². The minimum Gasteiger partial charge on any atom is -0.452 e. The molecule has 2 amide bonds. The smallest absolute Gasteiger partial charge is 0.340 e. The first-order chi connectivity index (χ1) is 13.5. The summed E-state index contributed by atoms with van der Waals surface area (Å²) in [6, 6.07) is 15.9. The summed E-state index contributed by atoms with van der Waals surface area (Å²) < 4.78 is 5.09. The maximum absolute atomic E-state index is 12.3. The van der Waals surface area contributed by atoms with Crippen molar-refractivity contribution in [2.24, 2.45) is 5.92 Å². The van der Waals surface area contributed by atoms with Crippen molar-refractivity contribution in [1.82, 2.24) is 5.32 Å². The molecule has 0 saturated carbocycles. The van der Waals surface area contributed by atoms with Crippen molar-refractivity contribution in [2.45, 2.75) is 26.7 Å². The van der Waals surface area contributed by atoms with Crippen LogP contribution >= 0.6 is 0 Å². The van der Waals surface area contributed by atoms with E-state index in [0.29, 0.717) is 18.2 Å². The molecule has 0 unspecified atom stereocenters. The van der Waals surface area contributed by atoms with Crippen molar-refractivity contribution in [2.75, 3.05) is 18.5 Å². The summed E-state index contributed by atoms with van der Waals surface area (Å²) >= 11 is 0. The normalized spacial score (nSPS) is 10.4. The Bertz CT molecular complexity index is 803. The Morgan fingerprint density at radius 1 is 0.929 bits per heavy atom. The Labute approximate surface area is 165 Å². The van der Waals surface area contributed by atoms with Gasteiger partial charge in [0.05, 0.1) is 17.7 Å². The molecular weight excluding hydrogens is 356 g/mol. The van der Waals surface area contributed by atoms with Gasteiger partial charge in [0.25, 0.3) is 5.91 Å². The summed E-state index contributed by atoms with van der Waals surface area (Å²) in [6.45, 7) is 4.31. The number of benzene rings is 2. The number of para-hydroxylation sites is 1. The van der Waals surface area contributed by atoms with E-state index in [2.05, 4.69) is 24.5 Å². The van der Waals surface area contributed by atoms with Crippen molar-refractivity contribution >= 4 is 23.5 Å². The van der Waals surface area contributed by atoms with Crippen LogP contribution in [0.1, 0.15) is 36.2 Å². The molecule has 0 aromatic heterocycles. The molecule has 0 heterocycles. The van der Waals surface area contributed by atoms with E-state index < -0.39 is 5.97 Å². The highest BCUT2D eigenvalue weighted by atomic mass is 16.5. The fourth-order valence-corrected chi connectivity index (χ4v) is 2.51. The number of hydrogen-bond donors (Lipinski definition) is 2. The maximum Gasteiger partial charge on any atom is 0.340 e. The van der Waals surface area contributed by atoms with E-state index in [-0.39, 0.29) is 30.4 Å². The highest BCUT2D eigenvalue weighted by molar-refractivity contribution is 6.02. The largest absolute Gasteiger partial charge is 0.452 e. The molecule has 2 aromatic carbocycles. The zero-order valence-electron chi connectivity index (χ0n) is 16.2. The number of rotatable bonds is 9. The third kappa shape index (κ3) is 7.23. The van der Waals surface area contributed by atoms with Crippen LogP contribution in [-0.2, 0) is 20.7 Å². The predicted molar refractivity (Wildman–Crippen MR) is 108 cm³/mol. The Hall–Kier alpha value is -3.15. The van der Waals surface area contributed by atoms with Crippen LogP contribution in [0.4, 0.5) is 5.69 Å². The fourth-order valence-electron chi connectivity index (χ4n) is 2.51. The molecule has 2 rings (SSSR count). The average Bonchev–Trinajstić information content (AvgIpc) is 2.67. The molecule has 0 aliphatic rings. The first-order valence-electron chi connectivity index (χ1n) is 9.32. The molecular formula is C22H26N2O4. The summed E-state index contributed by atoms with van der Waals surface area (Å²) in [5.74, 6) is -0.763. The summed E-state index contributed by atoms with van der Waals surface area (Å²) in [6.07, 6.45) is 1.05. The number of hydrogen-bond acceptors (Lipinski definition) is 4. The molecule has 0 spiro atoms. The molecule has 2 aromatic rings. The zero-order chi connectivity index (χ0) is 20.4. The van der Waals surface area contributed by atoms with Gasteiger partial charge >= 0.3 is 5.97 Å². The molecule has 0 aliphatic carbocycles. The molecule has 2 N–H and O–H groups in total. The molecule has 148 valence electrons. The van der Waals surface area contributed by atoms with E-state index in [1.165, 1.54) is 0 Å². The van der Waals surface area contributed by atoms with Crippen molar-refractivity contribution in [1.29, 1.82) is 0 Å². The van der Waals surface area contributed by atoms with Crippen molar-refractivity contribution in [3.8, 4) is 0 Å². The standard InChI is InChI=1S/C22H26N2O4/c1-16(2)12-13-23-21(26)15-28-22(27)18-10-6-7-11-19(18)24-20(25)14-17-8-4-3-5-9-17/h3-11,16H,12-15H2,1-2H3,(H,23,26)(H,24,25). The SMILES string of the molecule is CC(C)CCNC(=O)COC(=O)c1ccccc1NC(=O)Cc1ccccc1. The molecule has 0 bridgehead atoms. The first-order valence-corrected chi connectivity index (χ1v) is 9.32. The molecule has 0 radical (unpaired) electrons. The number of ether oxygens (including phenoxy) is 1. The topological polar surface area (TPSA) is 84.5 Å². The molecule has 0 fully saturated rings. The van der Waals surface area contributed by atoms with Gasteiger partial charge in [0.1, 0.15) is 0 Å². The molecule has 6 nitrogen and oxygen atoms in total. The van der Waals surface area contributed by atoms with Gasteiger partial charge in [-0.1, -0.05) is 56.3 Å². The van der Waals surface area contributed by atoms with Crippen LogP contribution in [-0.4, -0.2) is 30.9 Å². The van der Waals surface area contributed by atoms with E-state index in [0.717, 1.165) is 12.0 Å². The van der Waals surface area contributed by atoms with Crippen LogP contribution in [0.25, 0.3) is 0 Å². The van der Waals surface area contributed by atoms with Crippen LogP contribution < -0.4 is 10.6 Å². The number of carbonyl (C=O) groups is 3. The summed E-state index contributed by atoms with van der Waals surface area (Å²) in [5, 5.41) is 5.44. The van der Waals surface area contributed by atoms with E-state index in [1.54, 1.807) is 24.3 Å². The van der Waals surface area contributed by atoms with Crippen LogP contribution in [0.2, 0.25) is 0 Å². The van der Waals surface area contributed by atoms with Crippen molar-refractivity contribution < 1.29 is 19.1 Å². The minimum atomic E-state index is -0.658. The Balaban J connectivity index is 1.90. The van der Waals surface area contributed by atoms with E-state index in [9.17, 15) is 14.4 Å². The number of anilines is 1. The molecule has 28 heavy (non-hydrogen) atoms. The van der Waals surface area contributed by atoms with Crippen LogP contribution in [0.5, 0.6) is 0 Å². The van der Waals surface area contributed by atoms with Crippen LogP contribution in [0.3, 0.4) is 0 Å². The van der Waals surface area contributed by atoms with Crippen LogP contribution in [0.15, 0.2) is 54.6 Å². The third-order valence-corrected chi connectivity index (χ3v) is 4.01. The molecule has 0 saturated heterocycles. The predicted octanol–water partition coefficient (Wildman–Crippen LogP) is 3.19. The second-order valence-corrected chi connectivity index (χ2v) is 6.86. The average molecular weight is 382 g/mol. The minimum absolute atomic E-state index is 0.197. The zero-order valence-corrected chi connectivity index (χ0v) is 16.2. The lowest BCUT2D eigenvalue weighted by atomic mass is 10.1. The lowest BCUT2D eigenvalue weighted by Gasteiger charge is -2.11. The number of carbonyl (C=O) groups excluding carboxylic acids is 3. The third-order valence-electron chi connectivity index (χ3n) is 4.01. The van der Waals surface area contributed by atoms with Gasteiger partial charge in [0.2, 0.25) is 5.91 Å². The lowest BCUT2D eigenvalue weighted by Crippen LogP contribution is -2.30. The summed E-state index contributed by atoms with van der Waals surface area (Å²) in [5.41, 5.74) is 1.44. The molecule has 6 heteroatoms. The number of esters is 1. The quantitative estimate of drug-likeness (QED) is 0.653. The van der Waals surface area contributed by atoms with Gasteiger partial charge in [0, 0.05) is 6.54 Å². The van der Waals surface area contributed by atoms with Gasteiger partial charge in [-0.15, -0.1) is 0 Å². The monoisotopic (exact) mass is 382 g/mol. The lowest BCUT2D eigenvalue weighted by molar-refractivity contribution is -0.124. The number of amides is 2. The van der Waals surface area contributed by atoms with Crippen LogP contribution in [0, 0.1) is 5.92 Å². The van der Waals surface area contributed by atoms with E-state index >= 15 is 0 Å². The maximum atomic E-state index is 12.3. The Morgan fingerprint density at radius 2 is 1.61 bits per heavy atom. The Morgan fingerprint density at radius 3 is 2.32 bits per heavy atom. The second kappa shape index (κ2) is 10.9. The van der Waals surface area contributed by atoms with Gasteiger partial charge in [-0.05, 0) is 30.0 Å². The molecule has 0 aliphatic heterocycles. The van der Waals surface area contributed by atoms with E-state index in [4.69, 9.17) is 4.74 Å². The van der Waals surface area contributed by atoms with E-state index in [1.807, 2.05) is 30.3 Å². The van der Waals surface area contributed by atoms with Gasteiger partial charge in [-0.25, -0.2) is 4.79 Å². The summed E-state index contributed by atoms with van der Waals surface area (Å²) in [7, 11) is 0. The van der Waals surface area contributed by atoms with Gasteiger partial charge in [-0.3, -0.25) is 9.59 Å². The van der Waals surface area contributed by atoms with Gasteiger partial charge in [0.15, 0.2) is 6.61 Å². The fraction of sp³-hybridized carbons (Fsp3) is 0.318. The van der Waals surface area contributed by atoms with Crippen molar-refractivity contribution in [3.05, 3.63) is 65.7 Å². The highest BCUT2D eigenvalue weighted by Gasteiger charge is 2.16. The second-order valence-electron chi connectivity index (χ2n) is 6.86. The number of nitrogens with one attached hydrogen (secondary N) is 2.